The molecule has 19 heavy (non-hydrogen) atoms. The number of hydrogen-bond acceptors (Lipinski definition) is 5. The predicted molar refractivity (Wildman–Crippen MR) is 69.9 cm³/mol. The average molecular weight is 278 g/mol. The molecule has 0 amide bonds. The molecule has 0 saturated heterocycles. The van der Waals surface area contributed by atoms with Gasteiger partial charge in [-0.2, -0.15) is 11.3 Å². The molecule has 1 N–H and O–H groups in total. The van der Waals surface area contributed by atoms with Crippen molar-refractivity contribution in [1.82, 2.24) is 20.2 Å². The third-order valence-corrected chi connectivity index (χ3v) is 4.31. The van der Waals surface area contributed by atoms with Crippen LogP contribution in [0.3, 0.4) is 0 Å². The van der Waals surface area contributed by atoms with Gasteiger partial charge in [0.2, 0.25) is 0 Å². The standard InChI is InChI=1S/C12H14N4O2S/c1-7-5-19-6-9(7)12-13-14-15-16(12)10(4-11(17)18)8-2-3-8/h5-6,8,10H,2-4H2,1H3,(H,17,18). The number of carboxylic acids is 1. The first-order valence-corrected chi connectivity index (χ1v) is 7.14. The second-order valence-corrected chi connectivity index (χ2v) is 5.66. The molecular weight excluding hydrogens is 264 g/mol. The highest BCUT2D eigenvalue weighted by molar-refractivity contribution is 7.08. The predicted octanol–water partition coefficient (Wildman–Crippen LogP) is 2.14. The van der Waals surface area contributed by atoms with Crippen molar-refractivity contribution in [2.24, 2.45) is 5.92 Å². The Bertz CT molecular complexity index is 602. The van der Waals surface area contributed by atoms with Gasteiger partial charge < -0.3 is 5.11 Å². The van der Waals surface area contributed by atoms with Crippen LogP contribution in [-0.4, -0.2) is 31.3 Å². The quantitative estimate of drug-likeness (QED) is 0.906. The van der Waals surface area contributed by atoms with Gasteiger partial charge in [-0.3, -0.25) is 4.79 Å². The van der Waals surface area contributed by atoms with Crippen LogP contribution in [0.4, 0.5) is 0 Å². The smallest absolute Gasteiger partial charge is 0.305 e. The molecule has 1 atom stereocenters. The van der Waals surface area contributed by atoms with E-state index in [4.69, 9.17) is 5.11 Å². The maximum absolute atomic E-state index is 11.0. The van der Waals surface area contributed by atoms with Crippen LogP contribution in [0.5, 0.6) is 0 Å². The summed E-state index contributed by atoms with van der Waals surface area (Å²) >= 11 is 1.60. The number of carbonyl (C=O) groups is 1. The molecule has 0 aliphatic heterocycles. The minimum absolute atomic E-state index is 0.0753. The van der Waals surface area contributed by atoms with Gasteiger partial charge in [-0.1, -0.05) is 0 Å². The first kappa shape index (κ1) is 12.3. The van der Waals surface area contributed by atoms with Gasteiger partial charge in [0.25, 0.3) is 0 Å². The fourth-order valence-corrected chi connectivity index (χ4v) is 3.12. The molecule has 1 saturated carbocycles. The van der Waals surface area contributed by atoms with Gasteiger partial charge in [0, 0.05) is 10.9 Å². The molecule has 1 fully saturated rings. The van der Waals surface area contributed by atoms with Crippen molar-refractivity contribution in [2.75, 3.05) is 0 Å². The highest BCUT2D eigenvalue weighted by atomic mass is 32.1. The van der Waals surface area contributed by atoms with Gasteiger partial charge in [-0.25, -0.2) is 4.68 Å². The molecule has 0 aromatic carbocycles. The number of thiophene rings is 1. The van der Waals surface area contributed by atoms with Crippen LogP contribution in [0.1, 0.15) is 30.9 Å². The topological polar surface area (TPSA) is 80.9 Å². The molecule has 2 aromatic heterocycles. The zero-order chi connectivity index (χ0) is 13.4. The van der Waals surface area contributed by atoms with E-state index in [2.05, 4.69) is 15.5 Å². The lowest BCUT2D eigenvalue weighted by Crippen LogP contribution is -2.18. The summed E-state index contributed by atoms with van der Waals surface area (Å²) in [6.45, 7) is 2.01. The van der Waals surface area contributed by atoms with E-state index < -0.39 is 5.97 Å². The van der Waals surface area contributed by atoms with Crippen LogP contribution in [0.15, 0.2) is 10.8 Å². The maximum atomic E-state index is 11.0. The van der Waals surface area contributed by atoms with Crippen LogP contribution in [0.2, 0.25) is 0 Å². The molecule has 7 heteroatoms. The number of rotatable bonds is 5. The Morgan fingerprint density at radius 2 is 2.37 bits per heavy atom. The van der Waals surface area contributed by atoms with E-state index in [0.29, 0.717) is 11.7 Å². The molecule has 0 bridgehead atoms. The van der Waals surface area contributed by atoms with Crippen molar-refractivity contribution in [1.29, 1.82) is 0 Å². The first-order chi connectivity index (χ1) is 9.16. The van der Waals surface area contributed by atoms with Gasteiger partial charge in [0.15, 0.2) is 5.82 Å². The first-order valence-electron chi connectivity index (χ1n) is 6.19. The van der Waals surface area contributed by atoms with Crippen molar-refractivity contribution < 1.29 is 9.90 Å². The average Bonchev–Trinajstić information content (AvgIpc) is 2.94. The van der Waals surface area contributed by atoms with E-state index in [1.165, 1.54) is 0 Å². The van der Waals surface area contributed by atoms with E-state index >= 15 is 0 Å². The summed E-state index contributed by atoms with van der Waals surface area (Å²) in [4.78, 5) is 11.0. The van der Waals surface area contributed by atoms with Crippen LogP contribution in [0.25, 0.3) is 11.4 Å². The Kier molecular flexibility index (Phi) is 3.06. The molecule has 0 radical (unpaired) electrons. The van der Waals surface area contributed by atoms with Gasteiger partial charge in [0.05, 0.1) is 12.5 Å². The van der Waals surface area contributed by atoms with Crippen LogP contribution in [-0.2, 0) is 4.79 Å². The Morgan fingerprint density at radius 1 is 1.58 bits per heavy atom. The maximum Gasteiger partial charge on any atom is 0.305 e. The summed E-state index contributed by atoms with van der Waals surface area (Å²) in [5.41, 5.74) is 2.11. The lowest BCUT2D eigenvalue weighted by atomic mass is 10.1. The number of carboxylic acid groups (broad SMARTS) is 1. The summed E-state index contributed by atoms with van der Waals surface area (Å²) in [5.74, 6) is 0.259. The molecular formula is C12H14N4O2S. The third-order valence-electron chi connectivity index (χ3n) is 3.45. The molecule has 1 unspecified atom stereocenters. The normalized spacial score (nSPS) is 16.5. The summed E-state index contributed by atoms with van der Waals surface area (Å²) < 4.78 is 1.70. The molecule has 0 spiro atoms. The Hall–Kier alpha value is -1.76. The zero-order valence-electron chi connectivity index (χ0n) is 10.5. The van der Waals surface area contributed by atoms with E-state index in [1.54, 1.807) is 16.0 Å². The van der Waals surface area contributed by atoms with Crippen molar-refractivity contribution in [3.05, 3.63) is 16.3 Å². The molecule has 6 nitrogen and oxygen atoms in total. The highest BCUT2D eigenvalue weighted by Crippen LogP contribution is 2.42. The Morgan fingerprint density at radius 3 is 2.95 bits per heavy atom. The van der Waals surface area contributed by atoms with E-state index in [1.807, 2.05) is 17.7 Å². The number of tetrazole rings is 1. The zero-order valence-corrected chi connectivity index (χ0v) is 11.3. The second kappa shape index (κ2) is 4.73. The number of aliphatic carboxylic acids is 1. The third kappa shape index (κ3) is 2.37. The Balaban J connectivity index is 1.98. The largest absolute Gasteiger partial charge is 0.481 e. The van der Waals surface area contributed by atoms with Crippen molar-refractivity contribution in [3.8, 4) is 11.4 Å². The van der Waals surface area contributed by atoms with E-state index in [0.717, 1.165) is 24.0 Å². The molecule has 1 aliphatic carbocycles. The highest BCUT2D eigenvalue weighted by Gasteiger charge is 2.36. The van der Waals surface area contributed by atoms with E-state index in [-0.39, 0.29) is 12.5 Å². The fraction of sp³-hybridized carbons (Fsp3) is 0.500. The Labute approximate surface area is 114 Å². The summed E-state index contributed by atoms with van der Waals surface area (Å²) in [6, 6.07) is -0.137. The molecule has 100 valence electrons. The number of hydrogen-bond donors (Lipinski definition) is 1. The van der Waals surface area contributed by atoms with Crippen molar-refractivity contribution >= 4 is 17.3 Å². The van der Waals surface area contributed by atoms with Gasteiger partial charge >= 0.3 is 5.97 Å². The van der Waals surface area contributed by atoms with E-state index in [9.17, 15) is 4.79 Å². The van der Waals surface area contributed by atoms with Crippen molar-refractivity contribution in [3.63, 3.8) is 0 Å². The molecule has 1 aliphatic rings. The number of aryl methyl sites for hydroxylation is 1. The number of nitrogens with zero attached hydrogens (tertiary/aromatic N) is 4. The van der Waals surface area contributed by atoms with Crippen molar-refractivity contribution in [2.45, 2.75) is 32.2 Å². The number of aromatic nitrogens is 4. The van der Waals surface area contributed by atoms with Crippen LogP contribution >= 0.6 is 11.3 Å². The second-order valence-electron chi connectivity index (χ2n) is 4.92. The van der Waals surface area contributed by atoms with Crippen LogP contribution < -0.4 is 0 Å². The summed E-state index contributed by atoms with van der Waals surface area (Å²) in [5, 5.41) is 24.9. The minimum Gasteiger partial charge on any atom is -0.481 e. The minimum atomic E-state index is -0.805. The lowest BCUT2D eigenvalue weighted by molar-refractivity contribution is -0.138. The molecule has 3 rings (SSSR count). The van der Waals surface area contributed by atoms with Crippen LogP contribution in [0, 0.1) is 12.8 Å². The summed E-state index contributed by atoms with van der Waals surface area (Å²) in [6.07, 6.45) is 2.19. The lowest BCUT2D eigenvalue weighted by Gasteiger charge is -2.15. The fourth-order valence-electron chi connectivity index (χ4n) is 2.30. The molecule has 2 heterocycles. The van der Waals surface area contributed by atoms with Gasteiger partial charge in [-0.15, -0.1) is 5.10 Å². The monoisotopic (exact) mass is 278 g/mol. The molecule has 2 aromatic rings. The summed E-state index contributed by atoms with van der Waals surface area (Å²) in [7, 11) is 0. The van der Waals surface area contributed by atoms with Gasteiger partial charge in [0.1, 0.15) is 0 Å². The van der Waals surface area contributed by atoms with Gasteiger partial charge in [-0.05, 0) is 47.1 Å². The SMILES string of the molecule is Cc1cscc1-c1nnnn1C(CC(=O)O)C1CC1.